The lowest BCUT2D eigenvalue weighted by Crippen LogP contribution is -2.04. The van der Waals surface area contributed by atoms with Crippen molar-refractivity contribution in [3.05, 3.63) is 35.1 Å². The Morgan fingerprint density at radius 2 is 2.25 bits per heavy atom. The fraction of sp³-hybridized carbons (Fsp3) is 0.222. The molecule has 0 spiro atoms. The van der Waals surface area contributed by atoms with Crippen molar-refractivity contribution in [2.45, 2.75) is 6.42 Å². The number of nitriles is 1. The van der Waals surface area contributed by atoms with E-state index in [0.29, 0.717) is 24.1 Å². The molecule has 2 N–H and O–H groups in total. The maximum atomic E-state index is 12.9. The third kappa shape index (κ3) is 1.80. The van der Waals surface area contributed by atoms with Gasteiger partial charge in [0, 0.05) is 0 Å². The van der Waals surface area contributed by atoms with Gasteiger partial charge in [0.1, 0.15) is 5.82 Å². The predicted octanol–water partition coefficient (Wildman–Crippen LogP) is 1.20. The number of hydrogen-bond acceptors (Lipinski definition) is 2. The molecule has 1 aromatic rings. The van der Waals surface area contributed by atoms with Crippen molar-refractivity contribution in [2.24, 2.45) is 5.73 Å². The molecular formula is C9H9FN2. The summed E-state index contributed by atoms with van der Waals surface area (Å²) < 4.78 is 12.9. The molecule has 0 heterocycles. The van der Waals surface area contributed by atoms with E-state index in [1.807, 2.05) is 6.07 Å². The summed E-state index contributed by atoms with van der Waals surface area (Å²) in [7, 11) is 0. The van der Waals surface area contributed by atoms with E-state index in [0.717, 1.165) is 0 Å². The molecule has 0 saturated heterocycles. The molecule has 2 nitrogen and oxygen atoms in total. The zero-order valence-corrected chi connectivity index (χ0v) is 6.55. The summed E-state index contributed by atoms with van der Waals surface area (Å²) in [4.78, 5) is 0. The molecule has 12 heavy (non-hydrogen) atoms. The van der Waals surface area contributed by atoms with Crippen LogP contribution in [0.1, 0.15) is 11.1 Å². The second kappa shape index (κ2) is 3.84. The van der Waals surface area contributed by atoms with Gasteiger partial charge < -0.3 is 5.73 Å². The second-order valence-corrected chi connectivity index (χ2v) is 2.46. The summed E-state index contributed by atoms with van der Waals surface area (Å²) in [6, 6.07) is 6.22. The van der Waals surface area contributed by atoms with Crippen molar-refractivity contribution in [1.29, 1.82) is 5.26 Å². The topological polar surface area (TPSA) is 49.8 Å². The lowest BCUT2D eigenvalue weighted by molar-refractivity contribution is 0.609. The average Bonchev–Trinajstić information content (AvgIpc) is 2.09. The van der Waals surface area contributed by atoms with Gasteiger partial charge in [-0.3, -0.25) is 0 Å². The van der Waals surface area contributed by atoms with Crippen molar-refractivity contribution >= 4 is 0 Å². The van der Waals surface area contributed by atoms with Crippen LogP contribution in [0.5, 0.6) is 0 Å². The quantitative estimate of drug-likeness (QED) is 0.714. The minimum atomic E-state index is -0.292. The largest absolute Gasteiger partial charge is 0.330 e. The Morgan fingerprint density at radius 3 is 2.83 bits per heavy atom. The van der Waals surface area contributed by atoms with E-state index in [2.05, 4.69) is 0 Å². The summed E-state index contributed by atoms with van der Waals surface area (Å²) in [5.41, 5.74) is 6.25. The van der Waals surface area contributed by atoms with Crippen molar-refractivity contribution < 1.29 is 4.39 Å². The Bertz CT molecular complexity index is 315. The SMILES string of the molecule is N#Cc1ccc(F)c(CCN)c1. The van der Waals surface area contributed by atoms with Gasteiger partial charge in [0.05, 0.1) is 11.6 Å². The molecular weight excluding hydrogens is 155 g/mol. The number of nitrogens with zero attached hydrogens (tertiary/aromatic N) is 1. The van der Waals surface area contributed by atoms with Crippen LogP contribution in [-0.4, -0.2) is 6.54 Å². The summed E-state index contributed by atoms with van der Waals surface area (Å²) in [5, 5.41) is 8.52. The van der Waals surface area contributed by atoms with Crippen LogP contribution in [0.15, 0.2) is 18.2 Å². The minimum absolute atomic E-state index is 0.292. The van der Waals surface area contributed by atoms with E-state index in [-0.39, 0.29) is 5.82 Å². The summed E-state index contributed by atoms with van der Waals surface area (Å²) in [5.74, 6) is -0.292. The highest BCUT2D eigenvalue weighted by atomic mass is 19.1. The van der Waals surface area contributed by atoms with Gasteiger partial charge in [0.15, 0.2) is 0 Å². The maximum absolute atomic E-state index is 12.9. The number of hydrogen-bond donors (Lipinski definition) is 1. The minimum Gasteiger partial charge on any atom is -0.330 e. The molecule has 0 bridgehead atoms. The number of rotatable bonds is 2. The third-order valence-electron chi connectivity index (χ3n) is 1.59. The van der Waals surface area contributed by atoms with Gasteiger partial charge in [-0.05, 0) is 36.7 Å². The fourth-order valence-electron chi connectivity index (χ4n) is 0.991. The van der Waals surface area contributed by atoms with E-state index in [4.69, 9.17) is 11.0 Å². The highest BCUT2D eigenvalue weighted by Gasteiger charge is 2.01. The Balaban J connectivity index is 3.01. The molecule has 1 rings (SSSR count). The standard InChI is InChI=1S/C9H9FN2/c10-9-2-1-7(6-12)5-8(9)3-4-11/h1-2,5H,3-4,11H2. The number of benzene rings is 1. The lowest BCUT2D eigenvalue weighted by atomic mass is 10.1. The Labute approximate surface area is 70.4 Å². The van der Waals surface area contributed by atoms with Crippen molar-refractivity contribution in [2.75, 3.05) is 6.54 Å². The van der Waals surface area contributed by atoms with E-state index in [1.54, 1.807) is 0 Å². The van der Waals surface area contributed by atoms with Crippen LogP contribution in [-0.2, 0) is 6.42 Å². The monoisotopic (exact) mass is 164 g/mol. The third-order valence-corrected chi connectivity index (χ3v) is 1.59. The lowest BCUT2D eigenvalue weighted by Gasteiger charge is -2.00. The molecule has 0 fully saturated rings. The molecule has 0 amide bonds. The molecule has 62 valence electrons. The van der Waals surface area contributed by atoms with E-state index < -0.39 is 0 Å². The summed E-state index contributed by atoms with van der Waals surface area (Å²) in [6.07, 6.45) is 0.474. The van der Waals surface area contributed by atoms with Gasteiger partial charge in [-0.15, -0.1) is 0 Å². The number of halogens is 1. The Kier molecular flexibility index (Phi) is 2.78. The summed E-state index contributed by atoms with van der Waals surface area (Å²) >= 11 is 0. The highest BCUT2D eigenvalue weighted by Crippen LogP contribution is 2.09. The molecule has 0 atom stereocenters. The molecule has 0 unspecified atom stereocenters. The molecule has 0 aliphatic rings. The molecule has 0 saturated carbocycles. The van der Waals surface area contributed by atoms with E-state index in [1.165, 1.54) is 18.2 Å². The van der Waals surface area contributed by atoms with Gasteiger partial charge in [-0.25, -0.2) is 4.39 Å². The fourth-order valence-corrected chi connectivity index (χ4v) is 0.991. The van der Waals surface area contributed by atoms with Gasteiger partial charge in [0.25, 0.3) is 0 Å². The first-order chi connectivity index (χ1) is 5.77. The zero-order valence-electron chi connectivity index (χ0n) is 6.55. The molecule has 3 heteroatoms. The molecule has 1 aromatic carbocycles. The average molecular weight is 164 g/mol. The Hall–Kier alpha value is -1.40. The van der Waals surface area contributed by atoms with Gasteiger partial charge >= 0.3 is 0 Å². The van der Waals surface area contributed by atoms with Crippen LogP contribution >= 0.6 is 0 Å². The molecule has 0 aromatic heterocycles. The van der Waals surface area contributed by atoms with Crippen LogP contribution in [0.25, 0.3) is 0 Å². The first kappa shape index (κ1) is 8.69. The van der Waals surface area contributed by atoms with Crippen molar-refractivity contribution in [1.82, 2.24) is 0 Å². The molecule has 0 aliphatic heterocycles. The normalized spacial score (nSPS) is 9.42. The number of nitrogens with two attached hydrogens (primary N) is 1. The van der Waals surface area contributed by atoms with Crippen LogP contribution in [0.4, 0.5) is 4.39 Å². The van der Waals surface area contributed by atoms with Crippen LogP contribution in [0.3, 0.4) is 0 Å². The molecule has 0 aliphatic carbocycles. The Morgan fingerprint density at radius 1 is 1.50 bits per heavy atom. The second-order valence-electron chi connectivity index (χ2n) is 2.46. The van der Waals surface area contributed by atoms with Gasteiger partial charge in [-0.2, -0.15) is 5.26 Å². The first-order valence-electron chi connectivity index (χ1n) is 3.66. The van der Waals surface area contributed by atoms with Gasteiger partial charge in [-0.1, -0.05) is 0 Å². The van der Waals surface area contributed by atoms with Gasteiger partial charge in [0.2, 0.25) is 0 Å². The maximum Gasteiger partial charge on any atom is 0.126 e. The van der Waals surface area contributed by atoms with Crippen LogP contribution in [0.2, 0.25) is 0 Å². The first-order valence-corrected chi connectivity index (χ1v) is 3.66. The van der Waals surface area contributed by atoms with Crippen LogP contribution in [0, 0.1) is 17.1 Å². The summed E-state index contributed by atoms with van der Waals surface area (Å²) in [6.45, 7) is 0.395. The molecule has 0 radical (unpaired) electrons. The van der Waals surface area contributed by atoms with Crippen LogP contribution < -0.4 is 5.73 Å². The van der Waals surface area contributed by atoms with Crippen molar-refractivity contribution in [3.8, 4) is 6.07 Å². The van der Waals surface area contributed by atoms with E-state index in [9.17, 15) is 4.39 Å². The highest BCUT2D eigenvalue weighted by molar-refractivity contribution is 5.33. The zero-order chi connectivity index (χ0) is 8.97. The van der Waals surface area contributed by atoms with E-state index >= 15 is 0 Å². The van der Waals surface area contributed by atoms with Crippen molar-refractivity contribution in [3.63, 3.8) is 0 Å². The predicted molar refractivity (Wildman–Crippen MR) is 43.9 cm³/mol. The smallest absolute Gasteiger partial charge is 0.126 e.